The van der Waals surface area contributed by atoms with Crippen LogP contribution in [0.15, 0.2) is 0 Å². The lowest BCUT2D eigenvalue weighted by molar-refractivity contribution is -0.281. The highest BCUT2D eigenvalue weighted by atomic mass is 32.2. The van der Waals surface area contributed by atoms with Gasteiger partial charge < -0.3 is 14.6 Å². The Bertz CT molecular complexity index is 395. The van der Waals surface area contributed by atoms with Gasteiger partial charge in [0.1, 0.15) is 15.9 Å². The summed E-state index contributed by atoms with van der Waals surface area (Å²) in [4.78, 5) is 12.8. The molecule has 0 aromatic rings. The van der Waals surface area contributed by atoms with Crippen LogP contribution < -0.4 is 0 Å². The summed E-state index contributed by atoms with van der Waals surface area (Å²) < 4.78 is 32.4. The fourth-order valence-corrected chi connectivity index (χ4v) is 2.57. The molecule has 1 atom stereocenters. The summed E-state index contributed by atoms with van der Waals surface area (Å²) in [7, 11) is -0.176. The Kier molecular flexibility index (Phi) is 4.71. The van der Waals surface area contributed by atoms with Gasteiger partial charge in [-0.25, -0.2) is 8.42 Å². The highest BCUT2D eigenvalue weighted by Crippen LogP contribution is 2.28. The molecular formula is C10H19NO6S. The van der Waals surface area contributed by atoms with Crippen LogP contribution in [0.5, 0.6) is 0 Å². The van der Waals surface area contributed by atoms with Crippen molar-refractivity contribution in [3.8, 4) is 0 Å². The highest BCUT2D eigenvalue weighted by molar-refractivity contribution is 7.90. The maximum atomic E-state index is 11.1. The van der Waals surface area contributed by atoms with Crippen molar-refractivity contribution in [2.75, 3.05) is 39.3 Å². The molecule has 18 heavy (non-hydrogen) atoms. The quantitative estimate of drug-likeness (QED) is 0.609. The zero-order valence-corrected chi connectivity index (χ0v) is 11.6. The monoisotopic (exact) mass is 281 g/mol. The Hall–Kier alpha value is -0.700. The number of sulfone groups is 1. The second kappa shape index (κ2) is 5.52. The van der Waals surface area contributed by atoms with Crippen LogP contribution in [0.1, 0.15) is 6.42 Å². The molecule has 1 unspecified atom stereocenters. The van der Waals surface area contributed by atoms with E-state index < -0.39 is 27.6 Å². The molecule has 1 fully saturated rings. The molecule has 0 spiro atoms. The van der Waals surface area contributed by atoms with Crippen molar-refractivity contribution in [1.82, 2.24) is 4.90 Å². The standard InChI is InChI=1S/C10H19NO6S/c1-16-10(17-2)6-11(7-10)8(9(12)13)4-5-18(3,14)15/h8H,4-7H2,1-3H3,(H,12,13). The fraction of sp³-hybridized carbons (Fsp3) is 0.900. The zero-order chi connectivity index (χ0) is 14.0. The maximum absolute atomic E-state index is 11.1. The number of hydrogen-bond donors (Lipinski definition) is 1. The summed E-state index contributed by atoms with van der Waals surface area (Å²) in [6, 6.07) is -0.821. The summed E-state index contributed by atoms with van der Waals surface area (Å²) in [5, 5.41) is 9.10. The van der Waals surface area contributed by atoms with Gasteiger partial charge in [0.25, 0.3) is 0 Å². The molecule has 1 N–H and O–H groups in total. The van der Waals surface area contributed by atoms with Crippen LogP contribution in [0.4, 0.5) is 0 Å². The van der Waals surface area contributed by atoms with E-state index in [2.05, 4.69) is 0 Å². The van der Waals surface area contributed by atoms with Crippen molar-refractivity contribution in [3.63, 3.8) is 0 Å². The van der Waals surface area contributed by atoms with Crippen LogP contribution in [0, 0.1) is 0 Å². The van der Waals surface area contributed by atoms with Crippen molar-refractivity contribution in [3.05, 3.63) is 0 Å². The van der Waals surface area contributed by atoms with Gasteiger partial charge in [0.05, 0.1) is 18.8 Å². The summed E-state index contributed by atoms with van der Waals surface area (Å²) in [6.45, 7) is 0.640. The summed E-state index contributed by atoms with van der Waals surface area (Å²) in [6.07, 6.45) is 1.16. The molecule has 0 radical (unpaired) electrons. The SMILES string of the molecule is COC1(OC)CN(C(CCS(C)(=O)=O)C(=O)O)C1. The van der Waals surface area contributed by atoms with E-state index in [1.54, 1.807) is 4.90 Å². The molecule has 1 rings (SSSR count). The van der Waals surface area contributed by atoms with Crippen LogP contribution in [-0.4, -0.2) is 75.5 Å². The number of methoxy groups -OCH3 is 2. The van der Waals surface area contributed by atoms with Crippen molar-refractivity contribution < 1.29 is 27.8 Å². The third-order valence-corrected chi connectivity index (χ3v) is 4.10. The Balaban J connectivity index is 2.59. The van der Waals surface area contributed by atoms with E-state index in [9.17, 15) is 13.2 Å². The number of carboxylic acids is 1. The third-order valence-electron chi connectivity index (χ3n) is 3.12. The van der Waals surface area contributed by atoms with Crippen LogP contribution in [0.2, 0.25) is 0 Å². The van der Waals surface area contributed by atoms with Gasteiger partial charge in [-0.1, -0.05) is 0 Å². The minimum atomic E-state index is -3.16. The maximum Gasteiger partial charge on any atom is 0.320 e. The van der Waals surface area contributed by atoms with Gasteiger partial charge in [-0.2, -0.15) is 0 Å². The molecule has 0 aromatic heterocycles. The molecule has 1 saturated heterocycles. The molecule has 7 nitrogen and oxygen atoms in total. The topological polar surface area (TPSA) is 93.1 Å². The van der Waals surface area contributed by atoms with Gasteiger partial charge in [-0.15, -0.1) is 0 Å². The lowest BCUT2D eigenvalue weighted by Crippen LogP contribution is -2.67. The minimum Gasteiger partial charge on any atom is -0.480 e. The predicted octanol–water partition coefficient (Wildman–Crippen LogP) is -0.821. The number of ether oxygens (including phenoxy) is 2. The number of carbonyl (C=O) groups is 1. The fourth-order valence-electron chi connectivity index (χ4n) is 1.92. The Morgan fingerprint density at radius 2 is 1.89 bits per heavy atom. The van der Waals surface area contributed by atoms with Gasteiger partial charge in [0, 0.05) is 20.5 Å². The predicted molar refractivity (Wildman–Crippen MR) is 64.1 cm³/mol. The van der Waals surface area contributed by atoms with Crippen molar-refractivity contribution in [1.29, 1.82) is 0 Å². The molecule has 8 heteroatoms. The summed E-state index contributed by atoms with van der Waals surface area (Å²) in [5.41, 5.74) is 0. The van der Waals surface area contributed by atoms with E-state index in [4.69, 9.17) is 14.6 Å². The largest absolute Gasteiger partial charge is 0.480 e. The lowest BCUT2D eigenvalue weighted by atomic mass is 10.0. The average Bonchev–Trinajstić information content (AvgIpc) is 2.19. The van der Waals surface area contributed by atoms with E-state index >= 15 is 0 Å². The number of hydrogen-bond acceptors (Lipinski definition) is 6. The van der Waals surface area contributed by atoms with Gasteiger partial charge in [0.2, 0.25) is 0 Å². The molecule has 1 aliphatic heterocycles. The van der Waals surface area contributed by atoms with Crippen molar-refractivity contribution in [2.45, 2.75) is 18.2 Å². The Labute approximate surface area is 107 Å². The molecule has 0 aliphatic carbocycles. The Morgan fingerprint density at radius 3 is 2.22 bits per heavy atom. The first-order chi connectivity index (χ1) is 8.23. The van der Waals surface area contributed by atoms with Crippen LogP contribution in [0.3, 0.4) is 0 Å². The van der Waals surface area contributed by atoms with E-state index in [-0.39, 0.29) is 12.2 Å². The number of rotatable bonds is 7. The molecule has 0 saturated carbocycles. The first kappa shape index (κ1) is 15.4. The lowest BCUT2D eigenvalue weighted by Gasteiger charge is -2.49. The smallest absolute Gasteiger partial charge is 0.320 e. The van der Waals surface area contributed by atoms with E-state index in [0.29, 0.717) is 13.1 Å². The minimum absolute atomic E-state index is 0.0671. The number of nitrogens with zero attached hydrogens (tertiary/aromatic N) is 1. The van der Waals surface area contributed by atoms with Gasteiger partial charge >= 0.3 is 5.97 Å². The van der Waals surface area contributed by atoms with Crippen molar-refractivity contribution >= 4 is 15.8 Å². The molecule has 0 bridgehead atoms. The third kappa shape index (κ3) is 3.64. The van der Waals surface area contributed by atoms with E-state index in [1.165, 1.54) is 14.2 Å². The van der Waals surface area contributed by atoms with Gasteiger partial charge in [-0.3, -0.25) is 9.69 Å². The molecule has 0 amide bonds. The van der Waals surface area contributed by atoms with E-state index in [1.807, 2.05) is 0 Å². The van der Waals surface area contributed by atoms with Crippen LogP contribution >= 0.6 is 0 Å². The summed E-state index contributed by atoms with van der Waals surface area (Å²) in [5.74, 6) is -1.94. The normalized spacial score (nSPS) is 21.3. The average molecular weight is 281 g/mol. The zero-order valence-electron chi connectivity index (χ0n) is 10.7. The molecule has 1 aliphatic rings. The first-order valence-electron chi connectivity index (χ1n) is 5.48. The second-order valence-corrected chi connectivity index (χ2v) is 6.76. The van der Waals surface area contributed by atoms with Crippen molar-refractivity contribution in [2.24, 2.45) is 0 Å². The number of likely N-dealkylation sites (tertiary alicyclic amines) is 1. The van der Waals surface area contributed by atoms with E-state index in [0.717, 1.165) is 6.26 Å². The van der Waals surface area contributed by atoms with Gasteiger partial charge in [0.15, 0.2) is 5.79 Å². The first-order valence-corrected chi connectivity index (χ1v) is 7.54. The highest BCUT2D eigenvalue weighted by Gasteiger charge is 2.48. The molecule has 106 valence electrons. The Morgan fingerprint density at radius 1 is 1.39 bits per heavy atom. The molecule has 1 heterocycles. The number of aliphatic carboxylic acids is 1. The summed E-state index contributed by atoms with van der Waals surface area (Å²) >= 11 is 0. The van der Waals surface area contributed by atoms with Crippen LogP contribution in [0.25, 0.3) is 0 Å². The molecular weight excluding hydrogens is 262 g/mol. The number of carboxylic acid groups (broad SMARTS) is 1. The van der Waals surface area contributed by atoms with Crippen LogP contribution in [-0.2, 0) is 24.1 Å². The second-order valence-electron chi connectivity index (χ2n) is 4.50. The van der Waals surface area contributed by atoms with Gasteiger partial charge in [-0.05, 0) is 6.42 Å². The molecule has 0 aromatic carbocycles.